The van der Waals surface area contributed by atoms with Crippen LogP contribution < -0.4 is 25.7 Å². The molecule has 0 bridgehead atoms. The van der Waals surface area contributed by atoms with E-state index in [-0.39, 0.29) is 34.1 Å². The van der Waals surface area contributed by atoms with E-state index in [0.29, 0.717) is 22.7 Å². The van der Waals surface area contributed by atoms with Gasteiger partial charge in [0, 0.05) is 18.8 Å². The molecule has 1 atom stereocenters. The highest BCUT2D eigenvalue weighted by Crippen LogP contribution is 2.34. The summed E-state index contributed by atoms with van der Waals surface area (Å²) in [6, 6.07) is 1.15. The number of anilines is 1. The van der Waals surface area contributed by atoms with E-state index in [9.17, 15) is 9.59 Å². The second kappa shape index (κ2) is 8.99. The molecule has 0 fully saturated rings. The van der Waals surface area contributed by atoms with Crippen molar-refractivity contribution in [3.05, 3.63) is 45.1 Å². The number of amides is 1. The van der Waals surface area contributed by atoms with E-state index in [1.807, 2.05) is 20.8 Å². The van der Waals surface area contributed by atoms with Crippen LogP contribution in [0.5, 0.6) is 11.9 Å². The fourth-order valence-corrected chi connectivity index (χ4v) is 3.80. The molecule has 0 aromatic carbocycles. The fourth-order valence-electron chi connectivity index (χ4n) is 3.55. The molecule has 0 aliphatic carbocycles. The van der Waals surface area contributed by atoms with Gasteiger partial charge >= 0.3 is 6.01 Å². The van der Waals surface area contributed by atoms with Crippen LogP contribution in [-0.4, -0.2) is 46.4 Å². The van der Waals surface area contributed by atoms with Crippen LogP contribution in [-0.2, 0) is 11.8 Å². The van der Waals surface area contributed by atoms with E-state index in [4.69, 9.17) is 31.8 Å². The van der Waals surface area contributed by atoms with Crippen LogP contribution in [0.2, 0.25) is 5.02 Å². The summed E-state index contributed by atoms with van der Waals surface area (Å²) < 4.78 is 11.7. The zero-order valence-electron chi connectivity index (χ0n) is 18.7. The first kappa shape index (κ1) is 23.3. The van der Waals surface area contributed by atoms with Crippen LogP contribution in [0.4, 0.5) is 11.4 Å². The van der Waals surface area contributed by atoms with Gasteiger partial charge in [0.15, 0.2) is 0 Å². The molecule has 1 amide bonds. The smallest absolute Gasteiger partial charge is 0.319 e. The maximum Gasteiger partial charge on any atom is 0.319 e. The largest absolute Gasteiger partial charge is 0.479 e. The van der Waals surface area contributed by atoms with Gasteiger partial charge in [-0.15, -0.1) is 0 Å². The minimum Gasteiger partial charge on any atom is -0.479 e. The van der Waals surface area contributed by atoms with Crippen molar-refractivity contribution < 1.29 is 14.3 Å². The number of methoxy groups -OCH3 is 2. The van der Waals surface area contributed by atoms with E-state index in [2.05, 4.69) is 9.97 Å². The average Bonchev–Trinajstić information content (AvgIpc) is 2.98. The number of rotatable bonds is 6. The number of nitrogens with zero attached hydrogens (tertiary/aromatic N) is 5. The molecule has 2 aromatic heterocycles. The molecule has 11 heteroatoms. The van der Waals surface area contributed by atoms with Crippen LogP contribution in [0, 0.1) is 5.92 Å². The Morgan fingerprint density at radius 1 is 1.28 bits per heavy atom. The minimum atomic E-state index is -0.456. The van der Waals surface area contributed by atoms with Crippen molar-refractivity contribution in [1.82, 2.24) is 14.5 Å². The van der Waals surface area contributed by atoms with Gasteiger partial charge < -0.3 is 19.8 Å². The maximum absolute atomic E-state index is 13.1. The van der Waals surface area contributed by atoms with Gasteiger partial charge in [0.25, 0.3) is 11.5 Å². The third-order valence-corrected chi connectivity index (χ3v) is 5.37. The Hall–Kier alpha value is -3.40. The normalized spacial score (nSPS) is 16.9. The number of pyridine rings is 1. The summed E-state index contributed by atoms with van der Waals surface area (Å²) in [5.41, 5.74) is 8.00. The Kier molecular flexibility index (Phi) is 6.54. The van der Waals surface area contributed by atoms with Crippen LogP contribution in [0.3, 0.4) is 0 Å². The molecule has 1 aliphatic heterocycles. The van der Waals surface area contributed by atoms with Gasteiger partial charge in [-0.1, -0.05) is 25.4 Å². The van der Waals surface area contributed by atoms with Crippen molar-refractivity contribution >= 4 is 34.6 Å². The Morgan fingerprint density at radius 3 is 2.53 bits per heavy atom. The molecule has 3 heterocycles. The monoisotopic (exact) mass is 460 g/mol. The third-order valence-electron chi connectivity index (χ3n) is 5.10. The van der Waals surface area contributed by atoms with Gasteiger partial charge in [-0.25, -0.2) is 9.98 Å². The first-order valence-corrected chi connectivity index (χ1v) is 10.2. The average molecular weight is 461 g/mol. The number of aromatic nitrogens is 3. The number of hydrogen-bond acceptors (Lipinski definition) is 8. The zero-order chi connectivity index (χ0) is 23.7. The third kappa shape index (κ3) is 4.05. The second-order valence-corrected chi connectivity index (χ2v) is 7.95. The van der Waals surface area contributed by atoms with Crippen LogP contribution >= 0.6 is 11.6 Å². The molecule has 32 heavy (non-hydrogen) atoms. The van der Waals surface area contributed by atoms with E-state index < -0.39 is 11.9 Å². The Labute approximate surface area is 190 Å². The van der Waals surface area contributed by atoms with Crippen molar-refractivity contribution in [3.8, 4) is 11.9 Å². The summed E-state index contributed by atoms with van der Waals surface area (Å²) in [6.07, 6.45) is 3.03. The molecular formula is C21H25ClN6O4. The number of carbonyl (C=O) groups is 1. The number of nitrogens with two attached hydrogens (primary N) is 1. The highest BCUT2D eigenvalue weighted by atomic mass is 35.5. The van der Waals surface area contributed by atoms with Gasteiger partial charge in [0.2, 0.25) is 5.88 Å². The number of hydrogen-bond donors (Lipinski definition) is 1. The summed E-state index contributed by atoms with van der Waals surface area (Å²) in [6.45, 7) is 5.73. The zero-order valence-corrected chi connectivity index (χ0v) is 19.5. The topological polar surface area (TPSA) is 125 Å². The number of halogens is 1. The van der Waals surface area contributed by atoms with Crippen LogP contribution in [0.15, 0.2) is 39.5 Å². The van der Waals surface area contributed by atoms with Crippen molar-refractivity contribution in [1.29, 1.82) is 0 Å². The first-order chi connectivity index (χ1) is 15.1. The van der Waals surface area contributed by atoms with Crippen molar-refractivity contribution in [2.24, 2.45) is 23.7 Å². The molecular weight excluding hydrogens is 436 g/mol. The fraction of sp³-hybridized carbons (Fsp3) is 0.381. The molecule has 0 saturated carbocycles. The maximum atomic E-state index is 13.1. The van der Waals surface area contributed by atoms with E-state index in [1.165, 1.54) is 35.9 Å². The summed E-state index contributed by atoms with van der Waals surface area (Å²) in [5.74, 6) is -0.254. The molecule has 0 radical (unpaired) electrons. The van der Waals surface area contributed by atoms with Gasteiger partial charge in [-0.2, -0.15) is 4.98 Å². The van der Waals surface area contributed by atoms with Gasteiger partial charge in [0.05, 0.1) is 37.9 Å². The SMILES string of the molecule is COc1ncc(N=C(C2=C(N)C(=O)N(c3cc(Cl)c(=O)n(C)c3)C2C)C(C)C)c(OC)n1. The highest BCUT2D eigenvalue weighted by Gasteiger charge is 2.39. The first-order valence-electron chi connectivity index (χ1n) is 9.84. The lowest BCUT2D eigenvalue weighted by Crippen LogP contribution is -2.36. The van der Waals surface area contributed by atoms with Gasteiger partial charge in [-0.05, 0) is 18.9 Å². The van der Waals surface area contributed by atoms with Crippen molar-refractivity contribution in [2.75, 3.05) is 19.1 Å². The van der Waals surface area contributed by atoms with E-state index in [1.54, 1.807) is 13.2 Å². The lowest BCUT2D eigenvalue weighted by atomic mass is 9.94. The quantitative estimate of drug-likeness (QED) is 0.655. The van der Waals surface area contributed by atoms with E-state index >= 15 is 0 Å². The molecule has 2 N–H and O–H groups in total. The number of aliphatic imine (C=N–C) groups is 1. The molecule has 1 aliphatic rings. The molecule has 2 aromatic rings. The Morgan fingerprint density at radius 2 is 1.97 bits per heavy atom. The standard InChI is InChI=1S/C21H25ClN6O4/c1-10(2)17(25-14-8-24-21(32-6)26-18(14)31-5)15-11(3)28(20(30)16(15)23)12-7-13(22)19(29)27(4)9-12/h7-11H,23H2,1-6H3. The second-order valence-electron chi connectivity index (χ2n) is 7.54. The number of aryl methyl sites for hydroxylation is 1. The number of ether oxygens (including phenoxy) is 2. The Balaban J connectivity index is 2.11. The molecule has 0 spiro atoms. The summed E-state index contributed by atoms with van der Waals surface area (Å²) >= 11 is 6.07. The number of carbonyl (C=O) groups excluding carboxylic acids is 1. The molecule has 3 rings (SSSR count). The summed E-state index contributed by atoms with van der Waals surface area (Å²) in [5, 5.41) is 0.00916. The lowest BCUT2D eigenvalue weighted by molar-refractivity contribution is -0.114. The van der Waals surface area contributed by atoms with Crippen LogP contribution in [0.25, 0.3) is 0 Å². The minimum absolute atomic E-state index is 0.00916. The molecule has 170 valence electrons. The van der Waals surface area contributed by atoms with Gasteiger partial charge in [0.1, 0.15) is 16.4 Å². The molecule has 0 saturated heterocycles. The van der Waals surface area contributed by atoms with Crippen molar-refractivity contribution in [3.63, 3.8) is 0 Å². The molecule has 1 unspecified atom stereocenters. The van der Waals surface area contributed by atoms with Gasteiger partial charge in [-0.3, -0.25) is 14.5 Å². The summed E-state index contributed by atoms with van der Waals surface area (Å²) in [4.78, 5) is 39.5. The molecule has 10 nitrogen and oxygen atoms in total. The predicted molar refractivity (Wildman–Crippen MR) is 122 cm³/mol. The van der Waals surface area contributed by atoms with Crippen molar-refractivity contribution in [2.45, 2.75) is 26.8 Å². The van der Waals surface area contributed by atoms with E-state index in [0.717, 1.165) is 0 Å². The predicted octanol–water partition coefficient (Wildman–Crippen LogP) is 2.22. The van der Waals surface area contributed by atoms with Crippen LogP contribution in [0.1, 0.15) is 20.8 Å². The Bertz CT molecular complexity index is 1160. The summed E-state index contributed by atoms with van der Waals surface area (Å²) in [7, 11) is 4.49. The highest BCUT2D eigenvalue weighted by molar-refractivity contribution is 6.30. The lowest BCUT2D eigenvalue weighted by Gasteiger charge is -2.25.